The predicted octanol–water partition coefficient (Wildman–Crippen LogP) is 5.06. The zero-order valence-corrected chi connectivity index (χ0v) is 16.5. The van der Waals surface area contributed by atoms with Gasteiger partial charge in [0.2, 0.25) is 0 Å². The van der Waals surface area contributed by atoms with Crippen molar-refractivity contribution < 1.29 is 9.13 Å². The lowest BCUT2D eigenvalue weighted by atomic mass is 10.1. The number of thiazole rings is 1. The van der Waals surface area contributed by atoms with Crippen molar-refractivity contribution in [3.8, 4) is 5.75 Å². The van der Waals surface area contributed by atoms with E-state index in [0.717, 1.165) is 20.4 Å². The van der Waals surface area contributed by atoms with Crippen molar-refractivity contribution >= 4 is 59.9 Å². The van der Waals surface area contributed by atoms with E-state index in [-0.39, 0.29) is 6.54 Å². The van der Waals surface area contributed by atoms with Gasteiger partial charge >= 0.3 is 0 Å². The third-order valence-corrected chi connectivity index (χ3v) is 5.20. The molecule has 1 atom stereocenters. The Balaban J connectivity index is 1.58. The van der Waals surface area contributed by atoms with Crippen molar-refractivity contribution in [1.82, 2.24) is 10.3 Å². The van der Waals surface area contributed by atoms with Crippen LogP contribution in [-0.2, 0) is 0 Å². The highest BCUT2D eigenvalue weighted by molar-refractivity contribution is 9.10. The lowest BCUT2D eigenvalue weighted by Crippen LogP contribution is -2.31. The number of ether oxygens (including phenoxy) is 1. The second-order valence-corrected chi connectivity index (χ2v) is 7.56. The van der Waals surface area contributed by atoms with E-state index in [1.165, 1.54) is 11.3 Å². The van der Waals surface area contributed by atoms with Gasteiger partial charge in [-0.1, -0.05) is 39.4 Å². The zero-order valence-electron chi connectivity index (χ0n) is 13.3. The van der Waals surface area contributed by atoms with E-state index in [9.17, 15) is 4.39 Å². The third kappa shape index (κ3) is 4.65. The van der Waals surface area contributed by atoms with Crippen molar-refractivity contribution in [3.63, 3.8) is 0 Å². The Kier molecular flexibility index (Phi) is 5.82. The lowest BCUT2D eigenvalue weighted by molar-refractivity contribution is 0.343. The van der Waals surface area contributed by atoms with Gasteiger partial charge in [0.15, 0.2) is 10.2 Å². The van der Waals surface area contributed by atoms with Gasteiger partial charge in [-0.2, -0.15) is 0 Å². The number of halogens is 2. The summed E-state index contributed by atoms with van der Waals surface area (Å²) in [4.78, 5) is 4.45. The van der Waals surface area contributed by atoms with Crippen LogP contribution >= 0.6 is 39.5 Å². The molecule has 1 aromatic heterocycles. The van der Waals surface area contributed by atoms with Gasteiger partial charge in [0.05, 0.1) is 23.9 Å². The quantitative estimate of drug-likeness (QED) is 0.543. The van der Waals surface area contributed by atoms with Crippen molar-refractivity contribution in [2.45, 2.75) is 6.17 Å². The molecule has 2 aromatic carbocycles. The average molecular weight is 440 g/mol. The van der Waals surface area contributed by atoms with Gasteiger partial charge in [-0.15, -0.1) is 0 Å². The number of aromatic nitrogens is 1. The number of nitrogens with zero attached hydrogens (tertiary/aromatic N) is 1. The van der Waals surface area contributed by atoms with E-state index in [0.29, 0.717) is 15.8 Å². The van der Waals surface area contributed by atoms with E-state index in [1.807, 2.05) is 30.3 Å². The van der Waals surface area contributed by atoms with Crippen LogP contribution in [0, 0.1) is 0 Å². The monoisotopic (exact) mass is 439 g/mol. The molecule has 8 heteroatoms. The summed E-state index contributed by atoms with van der Waals surface area (Å²) in [6.07, 6.45) is -1.15. The first-order valence-corrected chi connectivity index (χ1v) is 9.46. The smallest absolute Gasteiger partial charge is 0.190 e. The van der Waals surface area contributed by atoms with Gasteiger partial charge in [0, 0.05) is 4.47 Å². The molecule has 3 rings (SSSR count). The van der Waals surface area contributed by atoms with Crippen LogP contribution < -0.4 is 15.4 Å². The molecule has 4 nitrogen and oxygen atoms in total. The van der Waals surface area contributed by atoms with Crippen LogP contribution in [0.3, 0.4) is 0 Å². The van der Waals surface area contributed by atoms with Crippen LogP contribution in [-0.4, -0.2) is 23.8 Å². The summed E-state index contributed by atoms with van der Waals surface area (Å²) < 4.78 is 21.3. The summed E-state index contributed by atoms with van der Waals surface area (Å²) in [5, 5.41) is 6.88. The molecule has 0 spiro atoms. The first-order chi connectivity index (χ1) is 12.0. The number of fused-ring (bicyclic) bond motifs is 1. The summed E-state index contributed by atoms with van der Waals surface area (Å²) in [6, 6.07) is 12.8. The van der Waals surface area contributed by atoms with Gasteiger partial charge in [-0.05, 0) is 48.1 Å². The summed E-state index contributed by atoms with van der Waals surface area (Å²) >= 11 is 10.0. The molecule has 0 aliphatic heterocycles. The van der Waals surface area contributed by atoms with Crippen LogP contribution in [0.25, 0.3) is 10.2 Å². The molecule has 1 heterocycles. The fourth-order valence-corrected chi connectivity index (χ4v) is 3.61. The number of methoxy groups -OCH3 is 1. The highest BCUT2D eigenvalue weighted by atomic mass is 79.9. The van der Waals surface area contributed by atoms with Crippen LogP contribution in [0.4, 0.5) is 9.52 Å². The molecule has 0 aliphatic rings. The Morgan fingerprint density at radius 3 is 2.80 bits per heavy atom. The zero-order chi connectivity index (χ0) is 17.8. The van der Waals surface area contributed by atoms with Crippen molar-refractivity contribution in [3.05, 3.63) is 52.5 Å². The van der Waals surface area contributed by atoms with Crippen molar-refractivity contribution in [2.75, 3.05) is 19.0 Å². The second-order valence-electron chi connectivity index (χ2n) is 5.21. The van der Waals surface area contributed by atoms with Crippen molar-refractivity contribution in [2.24, 2.45) is 0 Å². The minimum absolute atomic E-state index is 0.0895. The summed E-state index contributed by atoms with van der Waals surface area (Å²) in [7, 11) is 1.62. The molecule has 2 N–H and O–H groups in total. The van der Waals surface area contributed by atoms with Gasteiger partial charge < -0.3 is 15.4 Å². The lowest BCUT2D eigenvalue weighted by Gasteiger charge is -2.12. The summed E-state index contributed by atoms with van der Waals surface area (Å²) in [5.74, 6) is 0.776. The van der Waals surface area contributed by atoms with Crippen molar-refractivity contribution in [1.29, 1.82) is 0 Å². The van der Waals surface area contributed by atoms with E-state index < -0.39 is 6.17 Å². The van der Waals surface area contributed by atoms with Gasteiger partial charge in [-0.25, -0.2) is 9.37 Å². The normalized spacial score (nSPS) is 12.0. The minimum atomic E-state index is -1.15. The first kappa shape index (κ1) is 18.0. The molecule has 1 unspecified atom stereocenters. The maximum absolute atomic E-state index is 14.2. The number of alkyl halides is 1. The molecule has 0 aliphatic carbocycles. The molecule has 130 valence electrons. The largest absolute Gasteiger partial charge is 0.497 e. The first-order valence-electron chi connectivity index (χ1n) is 7.44. The van der Waals surface area contributed by atoms with Gasteiger partial charge in [-0.3, -0.25) is 0 Å². The standard InChI is InChI=1S/C17H15BrFN3OS2/c1-23-12-6-7-14-15(8-12)25-17(21-14)22-16(24)20-9-13(19)10-2-4-11(18)5-3-10/h2-8,13H,9H2,1H3,(H2,20,21,22,24). The molecule has 0 saturated carbocycles. The maximum Gasteiger partial charge on any atom is 0.190 e. The number of thiocarbonyl (C=S) groups is 1. The number of benzene rings is 2. The Bertz CT molecular complexity index is 885. The fraction of sp³-hybridized carbons (Fsp3) is 0.176. The number of rotatable bonds is 5. The van der Waals surface area contributed by atoms with E-state index in [2.05, 4.69) is 31.5 Å². The Labute approximate surface area is 162 Å². The number of nitrogens with one attached hydrogen (secondary N) is 2. The molecule has 0 amide bonds. The highest BCUT2D eigenvalue weighted by Crippen LogP contribution is 2.29. The van der Waals surface area contributed by atoms with Gasteiger partial charge in [0.25, 0.3) is 0 Å². The molecular weight excluding hydrogens is 425 g/mol. The molecule has 0 saturated heterocycles. The van der Waals surface area contributed by atoms with Gasteiger partial charge in [0.1, 0.15) is 11.9 Å². The number of hydrogen-bond acceptors (Lipinski definition) is 4. The highest BCUT2D eigenvalue weighted by Gasteiger charge is 2.11. The second kappa shape index (κ2) is 8.07. The summed E-state index contributed by atoms with van der Waals surface area (Å²) in [6.45, 7) is 0.0895. The molecule has 0 radical (unpaired) electrons. The summed E-state index contributed by atoms with van der Waals surface area (Å²) in [5.41, 5.74) is 1.46. The van der Waals surface area contributed by atoms with Crippen LogP contribution in [0.5, 0.6) is 5.75 Å². The number of anilines is 1. The third-order valence-electron chi connectivity index (χ3n) is 3.49. The van der Waals surface area contributed by atoms with Crippen LogP contribution in [0.2, 0.25) is 0 Å². The maximum atomic E-state index is 14.2. The van der Waals surface area contributed by atoms with E-state index in [1.54, 1.807) is 19.2 Å². The molecule has 0 bridgehead atoms. The van der Waals surface area contributed by atoms with E-state index >= 15 is 0 Å². The topological polar surface area (TPSA) is 46.2 Å². The SMILES string of the molecule is COc1ccc2nc(NC(=S)NCC(F)c3ccc(Br)cc3)sc2c1. The van der Waals surface area contributed by atoms with Crippen LogP contribution in [0.15, 0.2) is 46.9 Å². The Morgan fingerprint density at radius 1 is 1.32 bits per heavy atom. The molecule has 0 fully saturated rings. The number of hydrogen-bond donors (Lipinski definition) is 2. The molecular formula is C17H15BrFN3OS2. The molecule has 3 aromatic rings. The fourth-order valence-electron chi connectivity index (χ4n) is 2.20. The van der Waals surface area contributed by atoms with E-state index in [4.69, 9.17) is 17.0 Å². The Morgan fingerprint density at radius 2 is 2.08 bits per heavy atom. The molecule has 25 heavy (non-hydrogen) atoms. The average Bonchev–Trinajstić information content (AvgIpc) is 3.01. The predicted molar refractivity (Wildman–Crippen MR) is 108 cm³/mol. The minimum Gasteiger partial charge on any atom is -0.497 e. The van der Waals surface area contributed by atoms with Crippen LogP contribution in [0.1, 0.15) is 11.7 Å². The Hall–Kier alpha value is -1.77.